The normalized spacial score (nSPS) is 15.2. The van der Waals surface area contributed by atoms with Crippen molar-refractivity contribution >= 4 is 15.9 Å². The molecule has 1 aromatic heterocycles. The van der Waals surface area contributed by atoms with Crippen LogP contribution in [0.1, 0.15) is 11.3 Å². The molecule has 0 fully saturated rings. The Balaban J connectivity index is 1.51. The molecule has 6 heteroatoms. The summed E-state index contributed by atoms with van der Waals surface area (Å²) in [6.45, 7) is 3.36. The molecule has 116 valence electrons. The molecule has 0 radical (unpaired) electrons. The summed E-state index contributed by atoms with van der Waals surface area (Å²) in [4.78, 5) is 10.8. The Morgan fingerprint density at radius 1 is 1.27 bits per heavy atom. The second kappa shape index (κ2) is 7.15. The molecule has 2 aromatic rings. The fraction of sp³-hybridized carbons (Fsp3) is 0.375. The molecular weight excluding hydrogens is 349 g/mol. The van der Waals surface area contributed by atoms with E-state index in [0.29, 0.717) is 16.8 Å². The third-order valence-electron chi connectivity index (χ3n) is 3.80. The summed E-state index contributed by atoms with van der Waals surface area (Å²) in [7, 11) is 0. The highest BCUT2D eigenvalue weighted by molar-refractivity contribution is 9.10. The lowest BCUT2D eigenvalue weighted by atomic mass is 10.1. The van der Waals surface area contributed by atoms with E-state index in [9.17, 15) is 4.39 Å². The van der Waals surface area contributed by atoms with Gasteiger partial charge in [0.2, 0.25) is 0 Å². The van der Waals surface area contributed by atoms with Crippen molar-refractivity contribution in [2.75, 3.05) is 26.2 Å². The van der Waals surface area contributed by atoms with Crippen molar-refractivity contribution in [3.8, 4) is 5.75 Å². The van der Waals surface area contributed by atoms with Gasteiger partial charge in [-0.3, -0.25) is 4.90 Å². The van der Waals surface area contributed by atoms with Crippen LogP contribution in [0, 0.1) is 5.82 Å². The summed E-state index contributed by atoms with van der Waals surface area (Å²) < 4.78 is 19.4. The van der Waals surface area contributed by atoms with Crippen molar-refractivity contribution in [2.45, 2.75) is 12.8 Å². The van der Waals surface area contributed by atoms with Gasteiger partial charge in [0.1, 0.15) is 24.5 Å². The van der Waals surface area contributed by atoms with E-state index < -0.39 is 0 Å². The lowest BCUT2D eigenvalue weighted by Gasteiger charge is -2.19. The molecule has 4 nitrogen and oxygen atoms in total. The van der Waals surface area contributed by atoms with Crippen molar-refractivity contribution in [1.29, 1.82) is 0 Å². The largest absolute Gasteiger partial charge is 0.491 e. The van der Waals surface area contributed by atoms with Crippen LogP contribution in [-0.4, -0.2) is 41.1 Å². The summed E-state index contributed by atoms with van der Waals surface area (Å²) in [5.41, 5.74) is 2.40. The highest BCUT2D eigenvalue weighted by atomic mass is 79.9. The Labute approximate surface area is 137 Å². The predicted molar refractivity (Wildman–Crippen MR) is 85.5 cm³/mol. The first-order valence-corrected chi connectivity index (χ1v) is 8.09. The number of hydrogen-bond acceptors (Lipinski definition) is 4. The minimum atomic E-state index is -0.273. The van der Waals surface area contributed by atoms with Crippen molar-refractivity contribution in [1.82, 2.24) is 14.9 Å². The lowest BCUT2D eigenvalue weighted by molar-refractivity contribution is 0.214. The van der Waals surface area contributed by atoms with E-state index in [2.05, 4.69) is 30.8 Å². The van der Waals surface area contributed by atoms with E-state index in [1.807, 2.05) is 6.20 Å². The van der Waals surface area contributed by atoms with Gasteiger partial charge in [-0.05, 0) is 46.1 Å². The third kappa shape index (κ3) is 3.81. The van der Waals surface area contributed by atoms with Gasteiger partial charge >= 0.3 is 0 Å². The van der Waals surface area contributed by atoms with Crippen LogP contribution in [0.4, 0.5) is 4.39 Å². The van der Waals surface area contributed by atoms with Gasteiger partial charge in [-0.1, -0.05) is 0 Å². The third-order valence-corrected chi connectivity index (χ3v) is 4.42. The molecule has 1 aliphatic heterocycles. The molecular formula is C16H17BrFN3O. The number of ether oxygens (including phenoxy) is 1. The maximum atomic E-state index is 13.0. The molecule has 0 bridgehead atoms. The van der Waals surface area contributed by atoms with Gasteiger partial charge in [-0.15, -0.1) is 0 Å². The standard InChI is InChI=1S/C16H17BrFN3O/c17-14-9-13(18)1-2-16(14)22-8-7-21-5-3-12-10-19-11-20-15(12)4-6-21/h1-2,9-11H,3-8H2. The zero-order valence-electron chi connectivity index (χ0n) is 12.1. The van der Waals surface area contributed by atoms with Crippen molar-refractivity contribution in [3.05, 3.63) is 52.3 Å². The summed E-state index contributed by atoms with van der Waals surface area (Å²) in [6.07, 6.45) is 5.44. The van der Waals surface area contributed by atoms with Crippen molar-refractivity contribution in [3.63, 3.8) is 0 Å². The summed E-state index contributed by atoms with van der Waals surface area (Å²) >= 11 is 3.31. The van der Waals surface area contributed by atoms with Crippen molar-refractivity contribution in [2.24, 2.45) is 0 Å². The number of nitrogens with zero attached hydrogens (tertiary/aromatic N) is 3. The molecule has 1 aliphatic rings. The number of aromatic nitrogens is 2. The van der Waals surface area contributed by atoms with Gasteiger partial charge in [0.05, 0.1) is 4.47 Å². The van der Waals surface area contributed by atoms with Gasteiger partial charge in [0.25, 0.3) is 0 Å². The Morgan fingerprint density at radius 3 is 3.00 bits per heavy atom. The van der Waals surface area contributed by atoms with E-state index in [1.54, 1.807) is 12.4 Å². The van der Waals surface area contributed by atoms with E-state index in [-0.39, 0.29) is 5.82 Å². The van der Waals surface area contributed by atoms with E-state index in [1.165, 1.54) is 17.7 Å². The molecule has 3 rings (SSSR count). The Morgan fingerprint density at radius 2 is 2.14 bits per heavy atom. The smallest absolute Gasteiger partial charge is 0.133 e. The lowest BCUT2D eigenvalue weighted by Crippen LogP contribution is -2.30. The molecule has 0 aliphatic carbocycles. The van der Waals surface area contributed by atoms with Crippen molar-refractivity contribution < 1.29 is 9.13 Å². The highest BCUT2D eigenvalue weighted by Crippen LogP contribution is 2.25. The number of benzene rings is 1. The topological polar surface area (TPSA) is 38.2 Å². The zero-order chi connectivity index (χ0) is 15.4. The molecule has 0 amide bonds. The molecule has 22 heavy (non-hydrogen) atoms. The van der Waals surface area contributed by atoms with Gasteiger partial charge in [-0.2, -0.15) is 0 Å². The van der Waals surface area contributed by atoms with Crippen LogP contribution < -0.4 is 4.74 Å². The monoisotopic (exact) mass is 365 g/mol. The fourth-order valence-corrected chi connectivity index (χ4v) is 3.04. The molecule has 0 unspecified atom stereocenters. The van der Waals surface area contributed by atoms with Crippen LogP contribution in [0.25, 0.3) is 0 Å². The van der Waals surface area contributed by atoms with E-state index in [0.717, 1.165) is 38.2 Å². The van der Waals surface area contributed by atoms with Crippen LogP contribution in [0.3, 0.4) is 0 Å². The van der Waals surface area contributed by atoms with E-state index in [4.69, 9.17) is 4.74 Å². The minimum absolute atomic E-state index is 0.273. The first-order chi connectivity index (χ1) is 10.7. The first kappa shape index (κ1) is 15.4. The fourth-order valence-electron chi connectivity index (χ4n) is 2.57. The average molecular weight is 366 g/mol. The van der Waals surface area contributed by atoms with Gasteiger partial charge in [0, 0.05) is 37.9 Å². The summed E-state index contributed by atoms with van der Waals surface area (Å²) in [5.74, 6) is 0.399. The number of rotatable bonds is 4. The van der Waals surface area contributed by atoms with Crippen LogP contribution in [0.5, 0.6) is 5.75 Å². The number of fused-ring (bicyclic) bond motifs is 1. The second-order valence-electron chi connectivity index (χ2n) is 5.26. The molecule has 0 N–H and O–H groups in total. The first-order valence-electron chi connectivity index (χ1n) is 7.30. The maximum absolute atomic E-state index is 13.0. The van der Waals surface area contributed by atoms with Gasteiger partial charge < -0.3 is 4.74 Å². The highest BCUT2D eigenvalue weighted by Gasteiger charge is 2.14. The molecule has 0 spiro atoms. The number of hydrogen-bond donors (Lipinski definition) is 0. The molecule has 0 saturated carbocycles. The van der Waals surface area contributed by atoms with Crippen LogP contribution >= 0.6 is 15.9 Å². The maximum Gasteiger partial charge on any atom is 0.133 e. The molecule has 1 aromatic carbocycles. The summed E-state index contributed by atoms with van der Waals surface area (Å²) in [6, 6.07) is 4.46. The van der Waals surface area contributed by atoms with Crippen LogP contribution in [0.15, 0.2) is 35.2 Å². The molecule has 0 atom stereocenters. The van der Waals surface area contributed by atoms with Crippen LogP contribution in [-0.2, 0) is 12.8 Å². The van der Waals surface area contributed by atoms with Crippen LogP contribution in [0.2, 0.25) is 0 Å². The zero-order valence-corrected chi connectivity index (χ0v) is 13.7. The quantitative estimate of drug-likeness (QED) is 0.834. The Hall–Kier alpha value is -1.53. The molecule has 2 heterocycles. The average Bonchev–Trinajstić information content (AvgIpc) is 2.72. The SMILES string of the molecule is Fc1ccc(OCCN2CCc3cncnc3CC2)c(Br)c1. The predicted octanol–water partition coefficient (Wildman–Crippen LogP) is 2.86. The second-order valence-corrected chi connectivity index (χ2v) is 6.11. The van der Waals surface area contributed by atoms with Gasteiger partial charge in [-0.25, -0.2) is 14.4 Å². The minimum Gasteiger partial charge on any atom is -0.491 e. The van der Waals surface area contributed by atoms with E-state index >= 15 is 0 Å². The molecule has 0 saturated heterocycles. The number of halogens is 2. The van der Waals surface area contributed by atoms with Gasteiger partial charge in [0.15, 0.2) is 0 Å². The Kier molecular flexibility index (Phi) is 5.00. The summed E-state index contributed by atoms with van der Waals surface area (Å²) in [5, 5.41) is 0. The Bertz CT molecular complexity index is 626.